The molecule has 1 heterocycles. The molecule has 1 aromatic rings. The highest BCUT2D eigenvalue weighted by Gasteiger charge is 2.41. The van der Waals surface area contributed by atoms with Crippen molar-refractivity contribution in [2.45, 2.75) is 33.2 Å². The number of hydrogen-bond donors (Lipinski definition) is 3. The van der Waals surface area contributed by atoms with Gasteiger partial charge in [0.15, 0.2) is 5.84 Å². The summed E-state index contributed by atoms with van der Waals surface area (Å²) in [6.07, 6.45) is 4.35. The van der Waals surface area contributed by atoms with Crippen LogP contribution in [0.4, 0.5) is 0 Å². The van der Waals surface area contributed by atoms with E-state index >= 15 is 0 Å². The maximum absolute atomic E-state index is 12.6. The first-order valence-electron chi connectivity index (χ1n) is 6.23. The lowest BCUT2D eigenvalue weighted by Gasteiger charge is -2.33. The standard InChI is InChI=1S/C12H21N5O2/c1-4-12(5-2,10(13)16-19)11(18)17(3)8-9-6-14-15-7-9/h6-7,19H,4-5,8H2,1-3H3,(H2,13,16)(H,14,15). The Labute approximate surface area is 112 Å². The van der Waals surface area contributed by atoms with Crippen molar-refractivity contribution in [1.82, 2.24) is 15.1 Å². The summed E-state index contributed by atoms with van der Waals surface area (Å²) in [6, 6.07) is 0. The second-order valence-corrected chi connectivity index (χ2v) is 4.54. The van der Waals surface area contributed by atoms with E-state index in [1.54, 1.807) is 24.3 Å². The lowest BCUT2D eigenvalue weighted by Crippen LogP contribution is -2.49. The smallest absolute Gasteiger partial charge is 0.236 e. The Morgan fingerprint density at radius 2 is 2.21 bits per heavy atom. The molecule has 106 valence electrons. The van der Waals surface area contributed by atoms with Gasteiger partial charge in [-0.15, -0.1) is 0 Å². The number of nitrogens with two attached hydrogens (primary N) is 1. The van der Waals surface area contributed by atoms with Gasteiger partial charge in [0, 0.05) is 25.4 Å². The molecule has 0 atom stereocenters. The van der Waals surface area contributed by atoms with Gasteiger partial charge in [-0.25, -0.2) is 0 Å². The summed E-state index contributed by atoms with van der Waals surface area (Å²) in [6.45, 7) is 4.13. The van der Waals surface area contributed by atoms with E-state index < -0.39 is 5.41 Å². The third-order valence-corrected chi connectivity index (χ3v) is 3.54. The second-order valence-electron chi connectivity index (χ2n) is 4.54. The van der Waals surface area contributed by atoms with E-state index in [0.717, 1.165) is 5.56 Å². The predicted molar refractivity (Wildman–Crippen MR) is 71.5 cm³/mol. The number of carbonyl (C=O) groups excluding carboxylic acids is 1. The third kappa shape index (κ3) is 2.86. The zero-order valence-corrected chi connectivity index (χ0v) is 11.6. The molecule has 0 fully saturated rings. The minimum atomic E-state index is -0.951. The minimum absolute atomic E-state index is 0.0402. The fourth-order valence-electron chi connectivity index (χ4n) is 2.20. The van der Waals surface area contributed by atoms with E-state index in [-0.39, 0.29) is 11.7 Å². The van der Waals surface area contributed by atoms with Gasteiger partial charge in [0.1, 0.15) is 5.41 Å². The van der Waals surface area contributed by atoms with Crippen LogP contribution in [-0.4, -0.2) is 39.1 Å². The quantitative estimate of drug-likeness (QED) is 0.308. The van der Waals surface area contributed by atoms with Gasteiger partial charge in [-0.1, -0.05) is 19.0 Å². The molecule has 0 aliphatic rings. The van der Waals surface area contributed by atoms with Crippen LogP contribution in [0.5, 0.6) is 0 Å². The number of hydrogen-bond acceptors (Lipinski definition) is 4. The molecule has 19 heavy (non-hydrogen) atoms. The number of aromatic nitrogens is 2. The summed E-state index contributed by atoms with van der Waals surface area (Å²) in [7, 11) is 1.69. The van der Waals surface area contributed by atoms with Crippen LogP contribution in [0.15, 0.2) is 17.5 Å². The number of oxime groups is 1. The van der Waals surface area contributed by atoms with E-state index in [1.807, 2.05) is 13.8 Å². The molecule has 0 spiro atoms. The Balaban J connectivity index is 2.94. The molecule has 0 aliphatic heterocycles. The van der Waals surface area contributed by atoms with Gasteiger partial charge in [-0.05, 0) is 12.8 Å². The molecule has 1 rings (SSSR count). The summed E-state index contributed by atoms with van der Waals surface area (Å²) < 4.78 is 0. The van der Waals surface area contributed by atoms with Crippen molar-refractivity contribution in [3.63, 3.8) is 0 Å². The van der Waals surface area contributed by atoms with Gasteiger partial charge in [0.05, 0.1) is 6.20 Å². The van der Waals surface area contributed by atoms with E-state index in [9.17, 15) is 4.79 Å². The van der Waals surface area contributed by atoms with Gasteiger partial charge < -0.3 is 15.8 Å². The Morgan fingerprint density at radius 1 is 1.58 bits per heavy atom. The van der Waals surface area contributed by atoms with Crippen molar-refractivity contribution >= 4 is 11.7 Å². The van der Waals surface area contributed by atoms with Gasteiger partial charge in [-0.2, -0.15) is 5.10 Å². The molecular weight excluding hydrogens is 246 g/mol. The lowest BCUT2D eigenvalue weighted by atomic mass is 9.79. The summed E-state index contributed by atoms with van der Waals surface area (Å²) in [5.41, 5.74) is 5.67. The van der Waals surface area contributed by atoms with Gasteiger partial charge in [-0.3, -0.25) is 9.89 Å². The highest BCUT2D eigenvalue weighted by molar-refractivity contribution is 6.06. The number of rotatable bonds is 6. The highest BCUT2D eigenvalue weighted by Crippen LogP contribution is 2.29. The Hall–Kier alpha value is -2.05. The fraction of sp³-hybridized carbons (Fsp3) is 0.583. The average Bonchev–Trinajstić information content (AvgIpc) is 2.92. The topological polar surface area (TPSA) is 108 Å². The Bertz CT molecular complexity index is 437. The highest BCUT2D eigenvalue weighted by atomic mass is 16.4. The van der Waals surface area contributed by atoms with Crippen LogP contribution in [-0.2, 0) is 11.3 Å². The molecule has 0 radical (unpaired) electrons. The van der Waals surface area contributed by atoms with Gasteiger partial charge in [0.25, 0.3) is 0 Å². The van der Waals surface area contributed by atoms with Crippen molar-refractivity contribution in [3.8, 4) is 0 Å². The Morgan fingerprint density at radius 3 is 2.63 bits per heavy atom. The molecule has 0 aliphatic carbocycles. The van der Waals surface area contributed by atoms with Crippen LogP contribution in [0.2, 0.25) is 0 Å². The van der Waals surface area contributed by atoms with Crippen LogP contribution in [0, 0.1) is 5.41 Å². The van der Waals surface area contributed by atoms with Gasteiger partial charge >= 0.3 is 0 Å². The van der Waals surface area contributed by atoms with E-state index in [2.05, 4.69) is 15.4 Å². The number of nitrogens with zero attached hydrogens (tertiary/aromatic N) is 3. The molecule has 0 saturated carbocycles. The number of nitrogens with one attached hydrogen (secondary N) is 1. The minimum Gasteiger partial charge on any atom is -0.409 e. The number of amides is 1. The first-order chi connectivity index (χ1) is 9.01. The molecule has 4 N–H and O–H groups in total. The van der Waals surface area contributed by atoms with Crippen LogP contribution in [0.3, 0.4) is 0 Å². The van der Waals surface area contributed by atoms with E-state index in [4.69, 9.17) is 10.9 Å². The summed E-state index contributed by atoms with van der Waals surface area (Å²) >= 11 is 0. The molecule has 0 unspecified atom stereocenters. The average molecular weight is 267 g/mol. The Kier molecular flexibility index (Phi) is 4.91. The predicted octanol–water partition coefficient (Wildman–Crippen LogP) is 0.921. The second kappa shape index (κ2) is 6.21. The van der Waals surface area contributed by atoms with Crippen LogP contribution in [0.1, 0.15) is 32.3 Å². The number of aromatic amines is 1. The first-order valence-corrected chi connectivity index (χ1v) is 6.23. The molecule has 0 aromatic carbocycles. The largest absolute Gasteiger partial charge is 0.409 e. The molecule has 0 saturated heterocycles. The maximum Gasteiger partial charge on any atom is 0.236 e. The van der Waals surface area contributed by atoms with Crippen molar-refractivity contribution in [2.75, 3.05) is 7.05 Å². The van der Waals surface area contributed by atoms with Crippen molar-refractivity contribution in [3.05, 3.63) is 18.0 Å². The van der Waals surface area contributed by atoms with Crippen molar-refractivity contribution in [1.29, 1.82) is 0 Å². The molecule has 0 bridgehead atoms. The van der Waals surface area contributed by atoms with Gasteiger partial charge in [0.2, 0.25) is 5.91 Å². The van der Waals surface area contributed by atoms with Crippen LogP contribution >= 0.6 is 0 Å². The third-order valence-electron chi connectivity index (χ3n) is 3.54. The van der Waals surface area contributed by atoms with E-state index in [0.29, 0.717) is 19.4 Å². The van der Waals surface area contributed by atoms with Crippen molar-refractivity contribution in [2.24, 2.45) is 16.3 Å². The first kappa shape index (κ1) is 15.0. The summed E-state index contributed by atoms with van der Waals surface area (Å²) in [5.74, 6) is -0.199. The van der Waals surface area contributed by atoms with Crippen LogP contribution in [0.25, 0.3) is 0 Å². The fourth-order valence-corrected chi connectivity index (χ4v) is 2.20. The van der Waals surface area contributed by atoms with Crippen LogP contribution < -0.4 is 5.73 Å². The molecule has 7 heteroatoms. The monoisotopic (exact) mass is 267 g/mol. The number of H-pyrrole nitrogens is 1. The summed E-state index contributed by atoms with van der Waals surface area (Å²) in [4.78, 5) is 14.1. The van der Waals surface area contributed by atoms with E-state index in [1.165, 1.54) is 0 Å². The molecular formula is C12H21N5O2. The number of amidine groups is 1. The maximum atomic E-state index is 12.6. The zero-order chi connectivity index (χ0) is 14.5. The SMILES string of the molecule is CCC(CC)(C(=O)N(C)Cc1cn[nH]c1)C(N)=NO. The summed E-state index contributed by atoms with van der Waals surface area (Å²) in [5, 5.41) is 18.5. The van der Waals surface area contributed by atoms with Crippen molar-refractivity contribution < 1.29 is 10.0 Å². The zero-order valence-electron chi connectivity index (χ0n) is 11.6. The molecule has 1 aromatic heterocycles. The molecule has 1 amide bonds. The normalized spacial score (nSPS) is 12.5. The molecule has 7 nitrogen and oxygen atoms in total. The lowest BCUT2D eigenvalue weighted by molar-refractivity contribution is -0.138. The number of carbonyl (C=O) groups is 1.